The predicted molar refractivity (Wildman–Crippen MR) is 113 cm³/mol. The van der Waals surface area contributed by atoms with Crippen LogP contribution in [0.4, 0.5) is 5.69 Å². The molecule has 0 aromatic heterocycles. The summed E-state index contributed by atoms with van der Waals surface area (Å²) in [5.41, 5.74) is 7.61. The van der Waals surface area contributed by atoms with Crippen molar-refractivity contribution in [2.24, 2.45) is 0 Å². The maximum Gasteiger partial charge on any atom is 0.143 e. The van der Waals surface area contributed by atoms with Gasteiger partial charge in [0, 0.05) is 24.8 Å². The Kier molecular flexibility index (Phi) is 4.87. The number of nitrogens with zero attached hydrogens (tertiary/aromatic N) is 2. The molecule has 3 nitrogen and oxygen atoms in total. The molecule has 2 aromatic rings. The minimum atomic E-state index is 0.680. The van der Waals surface area contributed by atoms with Crippen LogP contribution in [-0.2, 0) is 4.74 Å². The van der Waals surface area contributed by atoms with Crippen LogP contribution in [0.5, 0.6) is 0 Å². The molecule has 0 unspecified atom stereocenters. The maximum atomic E-state index is 6.21. The van der Waals surface area contributed by atoms with Gasteiger partial charge < -0.3 is 14.5 Å². The lowest BCUT2D eigenvalue weighted by Crippen LogP contribution is -2.28. The van der Waals surface area contributed by atoms with E-state index < -0.39 is 0 Å². The third kappa shape index (κ3) is 3.31. The topological polar surface area (TPSA) is 15.7 Å². The van der Waals surface area contributed by atoms with Crippen LogP contribution >= 0.6 is 0 Å². The van der Waals surface area contributed by atoms with Crippen molar-refractivity contribution in [3.8, 4) is 0 Å². The van der Waals surface area contributed by atoms with Crippen molar-refractivity contribution < 1.29 is 4.74 Å². The van der Waals surface area contributed by atoms with E-state index in [1.807, 2.05) is 0 Å². The first-order chi connectivity index (χ1) is 13.2. The second-order valence-electron chi connectivity index (χ2n) is 7.27. The molecule has 1 aliphatic heterocycles. The molecule has 1 aliphatic carbocycles. The van der Waals surface area contributed by atoms with Gasteiger partial charge >= 0.3 is 0 Å². The number of allylic oxidation sites excluding steroid dienone is 3. The zero-order valence-corrected chi connectivity index (χ0v) is 16.3. The summed E-state index contributed by atoms with van der Waals surface area (Å²) < 4.78 is 6.21. The van der Waals surface area contributed by atoms with E-state index in [-0.39, 0.29) is 0 Å². The minimum absolute atomic E-state index is 0.680. The van der Waals surface area contributed by atoms with E-state index >= 15 is 0 Å². The van der Waals surface area contributed by atoms with Gasteiger partial charge in [0.15, 0.2) is 0 Å². The van der Waals surface area contributed by atoms with Crippen molar-refractivity contribution in [3.63, 3.8) is 0 Å². The van der Waals surface area contributed by atoms with Crippen LogP contribution in [0.15, 0.2) is 83.8 Å². The van der Waals surface area contributed by atoms with E-state index in [9.17, 15) is 0 Å². The van der Waals surface area contributed by atoms with E-state index in [4.69, 9.17) is 4.74 Å². The Morgan fingerprint density at radius 1 is 1.00 bits per heavy atom. The Balaban J connectivity index is 1.87. The molecule has 2 aromatic carbocycles. The SMILES string of the molecule is CN(C)CCOC1=C2C(=C(c3ccccc3)c3ccccc3N2C)CC=C1. The number of rotatable bonds is 5. The summed E-state index contributed by atoms with van der Waals surface area (Å²) in [6.07, 6.45) is 5.26. The van der Waals surface area contributed by atoms with Crippen molar-refractivity contribution in [1.82, 2.24) is 4.90 Å². The van der Waals surface area contributed by atoms with Crippen LogP contribution in [-0.4, -0.2) is 39.2 Å². The van der Waals surface area contributed by atoms with Gasteiger partial charge in [-0.3, -0.25) is 0 Å². The number of hydrogen-bond acceptors (Lipinski definition) is 3. The molecule has 3 heteroatoms. The molecular formula is C24H26N2O. The highest BCUT2D eigenvalue weighted by molar-refractivity contribution is 5.95. The maximum absolute atomic E-state index is 6.21. The van der Waals surface area contributed by atoms with E-state index in [0.717, 1.165) is 18.7 Å². The molecule has 0 amide bonds. The molecule has 27 heavy (non-hydrogen) atoms. The average molecular weight is 358 g/mol. The van der Waals surface area contributed by atoms with Gasteiger partial charge in [-0.05, 0) is 49.4 Å². The highest BCUT2D eigenvalue weighted by Crippen LogP contribution is 2.46. The standard InChI is InChI=1S/C24H26N2O/c1-25(2)16-17-27-22-15-9-13-20-23(18-10-5-4-6-11-18)19-12-7-8-14-21(19)26(3)24(20)22/h4-12,14-15H,13,16-17H2,1-3H3. The van der Waals surface area contributed by atoms with Crippen LogP contribution in [0.25, 0.3) is 5.57 Å². The molecule has 138 valence electrons. The van der Waals surface area contributed by atoms with Crippen molar-refractivity contribution in [1.29, 1.82) is 0 Å². The molecule has 0 atom stereocenters. The Labute approximate surface area is 161 Å². The van der Waals surface area contributed by atoms with Crippen LogP contribution in [0, 0.1) is 0 Å². The smallest absolute Gasteiger partial charge is 0.143 e. The largest absolute Gasteiger partial charge is 0.490 e. The number of fused-ring (bicyclic) bond motifs is 2. The molecule has 4 rings (SSSR count). The van der Waals surface area contributed by atoms with Crippen molar-refractivity contribution >= 4 is 11.3 Å². The highest BCUT2D eigenvalue weighted by atomic mass is 16.5. The van der Waals surface area contributed by atoms with Gasteiger partial charge in [-0.15, -0.1) is 0 Å². The Hall–Kier alpha value is -2.78. The molecule has 0 bridgehead atoms. The molecule has 0 fully saturated rings. The van der Waals surface area contributed by atoms with Crippen LogP contribution in [0.2, 0.25) is 0 Å². The number of anilines is 1. The highest BCUT2D eigenvalue weighted by Gasteiger charge is 2.30. The monoisotopic (exact) mass is 358 g/mol. The summed E-state index contributed by atoms with van der Waals surface area (Å²) in [5, 5.41) is 0. The second kappa shape index (κ2) is 7.45. The number of benzene rings is 2. The summed E-state index contributed by atoms with van der Waals surface area (Å²) in [6, 6.07) is 19.3. The van der Waals surface area contributed by atoms with E-state index in [2.05, 4.69) is 97.7 Å². The second-order valence-corrected chi connectivity index (χ2v) is 7.27. The van der Waals surface area contributed by atoms with E-state index in [1.54, 1.807) is 0 Å². The van der Waals surface area contributed by atoms with Gasteiger partial charge in [0.25, 0.3) is 0 Å². The van der Waals surface area contributed by atoms with Gasteiger partial charge in [-0.1, -0.05) is 54.6 Å². The molecule has 0 saturated heterocycles. The van der Waals surface area contributed by atoms with Gasteiger partial charge in [-0.2, -0.15) is 0 Å². The number of para-hydroxylation sites is 1. The Morgan fingerprint density at radius 2 is 1.74 bits per heavy atom. The van der Waals surface area contributed by atoms with Gasteiger partial charge in [0.05, 0.1) is 5.70 Å². The number of likely N-dealkylation sites (N-methyl/N-ethyl adjacent to an activating group) is 2. The first-order valence-electron chi connectivity index (χ1n) is 9.47. The molecule has 0 N–H and O–H groups in total. The number of ether oxygens (including phenoxy) is 1. The molecule has 1 heterocycles. The zero-order chi connectivity index (χ0) is 18.8. The normalized spacial score (nSPS) is 15.9. The number of hydrogen-bond donors (Lipinski definition) is 0. The van der Waals surface area contributed by atoms with Crippen molar-refractivity contribution in [2.45, 2.75) is 6.42 Å². The quantitative estimate of drug-likeness (QED) is 0.771. The Bertz CT molecular complexity index is 922. The van der Waals surface area contributed by atoms with Crippen molar-refractivity contribution in [2.75, 3.05) is 39.2 Å². The fourth-order valence-corrected chi connectivity index (χ4v) is 3.85. The third-order valence-electron chi connectivity index (χ3n) is 5.14. The first kappa shape index (κ1) is 17.6. The first-order valence-corrected chi connectivity index (χ1v) is 9.47. The third-order valence-corrected chi connectivity index (χ3v) is 5.14. The summed E-state index contributed by atoms with van der Waals surface area (Å²) in [4.78, 5) is 4.43. The van der Waals surface area contributed by atoms with Crippen molar-refractivity contribution in [3.05, 3.63) is 94.9 Å². The zero-order valence-electron chi connectivity index (χ0n) is 16.3. The van der Waals surface area contributed by atoms with Crippen LogP contribution < -0.4 is 4.90 Å². The minimum Gasteiger partial charge on any atom is -0.490 e. The summed E-state index contributed by atoms with van der Waals surface area (Å²) in [5.74, 6) is 0.962. The lowest BCUT2D eigenvalue weighted by molar-refractivity contribution is 0.190. The molecular weight excluding hydrogens is 332 g/mol. The lowest BCUT2D eigenvalue weighted by atomic mass is 9.83. The Morgan fingerprint density at radius 3 is 2.52 bits per heavy atom. The molecule has 0 radical (unpaired) electrons. The van der Waals surface area contributed by atoms with Gasteiger partial charge in [-0.25, -0.2) is 0 Å². The predicted octanol–water partition coefficient (Wildman–Crippen LogP) is 4.69. The van der Waals surface area contributed by atoms with E-state index in [0.29, 0.717) is 6.61 Å². The molecule has 0 spiro atoms. The average Bonchev–Trinajstić information content (AvgIpc) is 2.69. The fourth-order valence-electron chi connectivity index (χ4n) is 3.85. The fraction of sp³-hybridized carbons (Fsp3) is 0.250. The molecule has 0 saturated carbocycles. The van der Waals surface area contributed by atoms with Gasteiger partial charge in [0.2, 0.25) is 0 Å². The summed E-state index contributed by atoms with van der Waals surface area (Å²) >= 11 is 0. The summed E-state index contributed by atoms with van der Waals surface area (Å²) in [6.45, 7) is 1.58. The van der Waals surface area contributed by atoms with E-state index in [1.165, 1.54) is 33.7 Å². The van der Waals surface area contributed by atoms with Crippen LogP contribution in [0.3, 0.4) is 0 Å². The van der Waals surface area contributed by atoms with Crippen LogP contribution in [0.1, 0.15) is 17.5 Å². The van der Waals surface area contributed by atoms with Gasteiger partial charge in [0.1, 0.15) is 12.4 Å². The molecule has 2 aliphatic rings. The lowest BCUT2D eigenvalue weighted by Gasteiger charge is -2.36. The summed E-state index contributed by atoms with van der Waals surface area (Å²) in [7, 11) is 6.28.